The van der Waals surface area contributed by atoms with Crippen LogP contribution in [0.4, 0.5) is 4.79 Å². The lowest BCUT2D eigenvalue weighted by molar-refractivity contribution is -0.137. The summed E-state index contributed by atoms with van der Waals surface area (Å²) in [6.45, 7) is 4.40. The van der Waals surface area contributed by atoms with Gasteiger partial charge in [-0.05, 0) is 12.3 Å². The van der Waals surface area contributed by atoms with Crippen LogP contribution in [-0.4, -0.2) is 47.5 Å². The van der Waals surface area contributed by atoms with Crippen molar-refractivity contribution in [1.29, 1.82) is 0 Å². The van der Waals surface area contributed by atoms with Gasteiger partial charge >= 0.3 is 12.0 Å². The maximum Gasteiger partial charge on any atom is 0.317 e. The lowest BCUT2D eigenvalue weighted by atomic mass is 10.2. The van der Waals surface area contributed by atoms with Crippen LogP contribution in [0.2, 0.25) is 0 Å². The van der Waals surface area contributed by atoms with Crippen molar-refractivity contribution in [2.24, 2.45) is 11.7 Å². The number of carbonyl (C=O) groups excluding carboxylic acids is 2. The molecule has 0 bridgehead atoms. The molecule has 7 nitrogen and oxygen atoms in total. The van der Waals surface area contributed by atoms with Crippen LogP contribution in [0, 0.1) is 5.92 Å². The van der Waals surface area contributed by atoms with Crippen molar-refractivity contribution in [1.82, 2.24) is 10.2 Å². The highest BCUT2D eigenvalue weighted by atomic mass is 16.4. The fraction of sp³-hybridized carbons (Fsp3) is 0.727. The molecule has 4 N–H and O–H groups in total. The van der Waals surface area contributed by atoms with Gasteiger partial charge in [0.15, 0.2) is 0 Å². The zero-order valence-corrected chi connectivity index (χ0v) is 10.8. The number of aliphatic carboxylic acids is 1. The second kappa shape index (κ2) is 8.32. The van der Waals surface area contributed by atoms with E-state index in [0.29, 0.717) is 13.0 Å². The van der Waals surface area contributed by atoms with Crippen LogP contribution < -0.4 is 11.1 Å². The predicted octanol–water partition coefficient (Wildman–Crippen LogP) is 0.00410. The lowest BCUT2D eigenvalue weighted by Crippen LogP contribution is -2.46. The zero-order valence-electron chi connectivity index (χ0n) is 10.8. The summed E-state index contributed by atoms with van der Waals surface area (Å²) in [6.07, 6.45) is 0.355. The van der Waals surface area contributed by atoms with Gasteiger partial charge < -0.3 is 21.1 Å². The number of nitrogens with one attached hydrogen (secondary N) is 1. The van der Waals surface area contributed by atoms with Crippen LogP contribution in [-0.2, 0) is 9.59 Å². The van der Waals surface area contributed by atoms with E-state index in [0.717, 1.165) is 0 Å². The molecule has 0 saturated heterocycles. The van der Waals surface area contributed by atoms with Crippen molar-refractivity contribution in [2.75, 3.05) is 19.6 Å². The molecule has 0 saturated carbocycles. The van der Waals surface area contributed by atoms with E-state index in [1.807, 2.05) is 13.8 Å². The number of hydrogen-bond donors (Lipinski definition) is 3. The van der Waals surface area contributed by atoms with Crippen LogP contribution >= 0.6 is 0 Å². The Morgan fingerprint density at radius 3 is 2.39 bits per heavy atom. The normalized spacial score (nSPS) is 10.2. The molecule has 0 aromatic carbocycles. The molecule has 0 atom stereocenters. The molecule has 7 heteroatoms. The van der Waals surface area contributed by atoms with E-state index in [-0.39, 0.29) is 25.4 Å². The van der Waals surface area contributed by atoms with E-state index in [1.165, 1.54) is 4.90 Å². The third kappa shape index (κ3) is 8.37. The number of amides is 3. The van der Waals surface area contributed by atoms with Gasteiger partial charge in [0.25, 0.3) is 0 Å². The number of primary amides is 1. The highest BCUT2D eigenvalue weighted by molar-refractivity contribution is 5.82. The molecule has 104 valence electrons. The largest absolute Gasteiger partial charge is 0.481 e. The summed E-state index contributed by atoms with van der Waals surface area (Å²) >= 11 is 0. The Balaban J connectivity index is 4.12. The summed E-state index contributed by atoms with van der Waals surface area (Å²) in [5.41, 5.74) is 5.06. The Bertz CT molecular complexity index is 305. The molecule has 0 rings (SSSR count). The first-order valence-corrected chi connectivity index (χ1v) is 5.85. The van der Waals surface area contributed by atoms with Crippen molar-refractivity contribution in [3.63, 3.8) is 0 Å². The SMILES string of the molecule is CC(C)CN(CC(N)=O)C(=O)NCCCC(=O)O. The Labute approximate surface area is 106 Å². The molecule has 0 heterocycles. The van der Waals surface area contributed by atoms with Crippen LogP contribution in [0.1, 0.15) is 26.7 Å². The van der Waals surface area contributed by atoms with Gasteiger partial charge in [0, 0.05) is 19.5 Å². The van der Waals surface area contributed by atoms with Gasteiger partial charge in [-0.15, -0.1) is 0 Å². The minimum atomic E-state index is -0.902. The highest BCUT2D eigenvalue weighted by Gasteiger charge is 2.16. The average molecular weight is 259 g/mol. The molecule has 0 spiro atoms. The molecule has 0 aliphatic heterocycles. The molecule has 0 aromatic rings. The third-order valence-electron chi connectivity index (χ3n) is 2.06. The van der Waals surface area contributed by atoms with E-state index in [9.17, 15) is 14.4 Å². The Kier molecular flexibility index (Phi) is 7.50. The summed E-state index contributed by atoms with van der Waals surface area (Å²) in [7, 11) is 0. The molecule has 3 amide bonds. The zero-order chi connectivity index (χ0) is 14.1. The first-order valence-electron chi connectivity index (χ1n) is 5.85. The number of carboxylic acid groups (broad SMARTS) is 1. The standard InChI is InChI=1S/C11H21N3O4/c1-8(2)6-14(7-9(12)15)11(18)13-5-3-4-10(16)17/h8H,3-7H2,1-2H3,(H2,12,15)(H,13,18)(H,16,17). The topological polar surface area (TPSA) is 113 Å². The van der Waals surface area contributed by atoms with Crippen molar-refractivity contribution < 1.29 is 19.5 Å². The molecule has 0 aliphatic rings. The van der Waals surface area contributed by atoms with Crippen LogP contribution in [0.15, 0.2) is 0 Å². The third-order valence-corrected chi connectivity index (χ3v) is 2.06. The Morgan fingerprint density at radius 2 is 1.94 bits per heavy atom. The number of carbonyl (C=O) groups is 3. The van der Waals surface area contributed by atoms with Gasteiger partial charge in [0.2, 0.25) is 5.91 Å². The van der Waals surface area contributed by atoms with Crippen molar-refractivity contribution in [3.8, 4) is 0 Å². The second-order valence-corrected chi connectivity index (χ2v) is 4.47. The molecular weight excluding hydrogens is 238 g/mol. The van der Waals surface area contributed by atoms with E-state index < -0.39 is 17.9 Å². The lowest BCUT2D eigenvalue weighted by Gasteiger charge is -2.23. The summed E-state index contributed by atoms with van der Waals surface area (Å²) in [4.78, 5) is 34.2. The Hall–Kier alpha value is -1.79. The van der Waals surface area contributed by atoms with Crippen molar-refractivity contribution in [2.45, 2.75) is 26.7 Å². The number of rotatable bonds is 8. The van der Waals surface area contributed by atoms with E-state index in [2.05, 4.69) is 5.32 Å². The number of carboxylic acids is 1. The van der Waals surface area contributed by atoms with Gasteiger partial charge in [-0.25, -0.2) is 4.79 Å². The summed E-state index contributed by atoms with van der Waals surface area (Å²) in [6, 6.07) is -0.395. The minimum Gasteiger partial charge on any atom is -0.481 e. The molecule has 0 unspecified atom stereocenters. The summed E-state index contributed by atoms with van der Waals surface area (Å²) in [5.74, 6) is -1.26. The summed E-state index contributed by atoms with van der Waals surface area (Å²) in [5, 5.41) is 11.0. The second-order valence-electron chi connectivity index (χ2n) is 4.47. The molecule has 18 heavy (non-hydrogen) atoms. The number of urea groups is 1. The van der Waals surface area contributed by atoms with Gasteiger partial charge in [-0.3, -0.25) is 9.59 Å². The maximum absolute atomic E-state index is 11.7. The fourth-order valence-corrected chi connectivity index (χ4v) is 1.39. The van der Waals surface area contributed by atoms with Crippen LogP contribution in [0.25, 0.3) is 0 Å². The molecule has 0 aromatic heterocycles. The molecule has 0 aliphatic carbocycles. The van der Waals surface area contributed by atoms with E-state index >= 15 is 0 Å². The minimum absolute atomic E-state index is 0.000278. The van der Waals surface area contributed by atoms with Gasteiger partial charge in [-0.1, -0.05) is 13.8 Å². The predicted molar refractivity (Wildman–Crippen MR) is 65.9 cm³/mol. The van der Waals surface area contributed by atoms with E-state index in [4.69, 9.17) is 10.8 Å². The van der Waals surface area contributed by atoms with Gasteiger partial charge in [0.05, 0.1) is 0 Å². The molecule has 0 fully saturated rings. The molecule has 0 radical (unpaired) electrons. The van der Waals surface area contributed by atoms with Crippen LogP contribution in [0.5, 0.6) is 0 Å². The van der Waals surface area contributed by atoms with Gasteiger partial charge in [0.1, 0.15) is 6.54 Å². The fourth-order valence-electron chi connectivity index (χ4n) is 1.39. The first-order chi connectivity index (χ1) is 8.32. The smallest absolute Gasteiger partial charge is 0.317 e. The molecular formula is C11H21N3O4. The number of nitrogens with zero attached hydrogens (tertiary/aromatic N) is 1. The van der Waals surface area contributed by atoms with Gasteiger partial charge in [-0.2, -0.15) is 0 Å². The monoisotopic (exact) mass is 259 g/mol. The average Bonchev–Trinajstić information content (AvgIpc) is 2.21. The van der Waals surface area contributed by atoms with E-state index in [1.54, 1.807) is 0 Å². The van der Waals surface area contributed by atoms with Crippen LogP contribution in [0.3, 0.4) is 0 Å². The number of hydrogen-bond acceptors (Lipinski definition) is 3. The maximum atomic E-state index is 11.7. The highest BCUT2D eigenvalue weighted by Crippen LogP contribution is 1.99. The quantitative estimate of drug-likeness (QED) is 0.532. The first kappa shape index (κ1) is 16.2. The summed E-state index contributed by atoms with van der Waals surface area (Å²) < 4.78 is 0. The van der Waals surface area contributed by atoms with Crippen molar-refractivity contribution in [3.05, 3.63) is 0 Å². The number of nitrogens with two attached hydrogens (primary N) is 1. The van der Waals surface area contributed by atoms with Crippen molar-refractivity contribution >= 4 is 17.9 Å². The Morgan fingerprint density at radius 1 is 1.33 bits per heavy atom.